The Kier molecular flexibility index (Phi) is 6.55. The highest BCUT2D eigenvalue weighted by Crippen LogP contribution is 2.35. The number of fused-ring (bicyclic) bond motifs is 1. The molecular weight excluding hydrogens is 480 g/mol. The topological polar surface area (TPSA) is 120 Å². The zero-order chi connectivity index (χ0) is 26.2. The first kappa shape index (κ1) is 24.5. The monoisotopic (exact) mass is 512 g/mol. The van der Waals surface area contributed by atoms with Crippen LogP contribution in [0.4, 0.5) is 5.69 Å². The maximum atomic E-state index is 10.7. The number of nitrogens with one attached hydrogen (secondary N) is 1. The molecule has 9 heteroatoms. The molecule has 38 heavy (non-hydrogen) atoms. The van der Waals surface area contributed by atoms with E-state index in [1.54, 1.807) is 24.8 Å². The number of hydrogen-bond donors (Lipinski definition) is 3. The molecule has 0 amide bonds. The predicted molar refractivity (Wildman–Crippen MR) is 146 cm³/mol. The summed E-state index contributed by atoms with van der Waals surface area (Å²) in [6.45, 7) is 5.57. The quantitative estimate of drug-likeness (QED) is 0.306. The minimum absolute atomic E-state index is 0.0502. The number of aliphatic hydroxyl groups is 1. The molecule has 1 saturated heterocycles. The van der Waals surface area contributed by atoms with Gasteiger partial charge < -0.3 is 19.9 Å². The average Bonchev–Trinajstić information content (AvgIpc) is 3.72. The Morgan fingerprint density at radius 3 is 2.63 bits per heavy atom. The lowest BCUT2D eigenvalue weighted by Crippen LogP contribution is -2.45. The maximum absolute atomic E-state index is 10.7. The van der Waals surface area contributed by atoms with E-state index in [2.05, 4.69) is 24.8 Å². The number of likely N-dealkylation sites (tertiary alicyclic amines) is 1. The van der Waals surface area contributed by atoms with Gasteiger partial charge in [-0.15, -0.1) is 0 Å². The molecule has 3 N–H and O–H groups in total. The molecule has 0 aromatic carbocycles. The molecule has 2 aliphatic rings. The summed E-state index contributed by atoms with van der Waals surface area (Å²) in [5.74, 6) is 1.08. The van der Waals surface area contributed by atoms with E-state index in [1.165, 1.54) is 0 Å². The summed E-state index contributed by atoms with van der Waals surface area (Å²) in [5, 5.41) is 21.9. The van der Waals surface area contributed by atoms with Crippen LogP contribution in [0.1, 0.15) is 43.7 Å². The lowest BCUT2D eigenvalue weighted by Gasteiger charge is -2.35. The van der Waals surface area contributed by atoms with Crippen molar-refractivity contribution in [3.63, 3.8) is 0 Å². The van der Waals surface area contributed by atoms with Crippen molar-refractivity contribution in [1.82, 2.24) is 24.8 Å². The summed E-state index contributed by atoms with van der Waals surface area (Å²) in [6.07, 6.45) is 10.8. The molecule has 0 spiro atoms. The van der Waals surface area contributed by atoms with E-state index in [0.29, 0.717) is 28.8 Å². The van der Waals surface area contributed by atoms with Crippen molar-refractivity contribution < 1.29 is 14.9 Å². The second-order valence-corrected chi connectivity index (χ2v) is 10.3. The van der Waals surface area contributed by atoms with Crippen LogP contribution in [-0.4, -0.2) is 66.2 Å². The highest BCUT2D eigenvalue weighted by atomic mass is 16.5. The molecule has 1 aliphatic carbocycles. The van der Waals surface area contributed by atoms with Gasteiger partial charge in [0.1, 0.15) is 12.3 Å². The van der Waals surface area contributed by atoms with Crippen LogP contribution in [-0.2, 0) is 0 Å². The second-order valence-electron chi connectivity index (χ2n) is 10.3. The van der Waals surface area contributed by atoms with Crippen molar-refractivity contribution in [3.8, 4) is 23.0 Å². The Morgan fingerprint density at radius 1 is 1.11 bits per heavy atom. The first-order chi connectivity index (χ1) is 18.5. The van der Waals surface area contributed by atoms with Crippen molar-refractivity contribution in [1.29, 1.82) is 0 Å². The number of aromatic hydroxyl groups is 1. The van der Waals surface area contributed by atoms with Crippen LogP contribution in [0.25, 0.3) is 22.2 Å². The van der Waals surface area contributed by atoms with Crippen LogP contribution >= 0.6 is 0 Å². The fraction of sp³-hybridized carbons (Fsp3) is 0.379. The SMILES string of the molecule is CC(=Nc1ccc(OC2CCN(C(O)C3CC3)CC2)nc1)c1c(O)[nH]c2cnc(-c3cnccc3C)cc12. The Hall–Kier alpha value is -3.82. The summed E-state index contributed by atoms with van der Waals surface area (Å²) in [4.78, 5) is 23.2. The normalized spacial score (nSPS) is 18.1. The highest BCUT2D eigenvalue weighted by Gasteiger charge is 2.35. The van der Waals surface area contributed by atoms with Crippen LogP contribution < -0.4 is 4.74 Å². The van der Waals surface area contributed by atoms with Gasteiger partial charge in [0.25, 0.3) is 0 Å². The van der Waals surface area contributed by atoms with Gasteiger partial charge in [0.15, 0.2) is 5.88 Å². The van der Waals surface area contributed by atoms with Gasteiger partial charge in [0, 0.05) is 42.5 Å². The fourth-order valence-electron chi connectivity index (χ4n) is 5.20. The number of aromatic amines is 1. The largest absolute Gasteiger partial charge is 0.494 e. The van der Waals surface area contributed by atoms with Gasteiger partial charge >= 0.3 is 0 Å². The van der Waals surface area contributed by atoms with Crippen LogP contribution in [0, 0.1) is 12.8 Å². The van der Waals surface area contributed by atoms with Gasteiger partial charge in [-0.05, 0) is 69.2 Å². The molecule has 1 aliphatic heterocycles. The molecule has 4 aromatic rings. The average molecular weight is 513 g/mol. The summed E-state index contributed by atoms with van der Waals surface area (Å²) in [5.41, 5.74) is 5.50. The number of H-pyrrole nitrogens is 1. The van der Waals surface area contributed by atoms with Crippen molar-refractivity contribution in [2.75, 3.05) is 13.1 Å². The second kappa shape index (κ2) is 10.2. The molecule has 0 bridgehead atoms. The van der Waals surface area contributed by atoms with Crippen LogP contribution in [0.15, 0.2) is 54.0 Å². The number of ether oxygens (including phenoxy) is 1. The molecule has 1 saturated carbocycles. The summed E-state index contributed by atoms with van der Waals surface area (Å²) in [6, 6.07) is 7.61. The van der Waals surface area contributed by atoms with Crippen molar-refractivity contribution in [2.45, 2.75) is 51.9 Å². The first-order valence-corrected chi connectivity index (χ1v) is 13.2. The van der Waals surface area contributed by atoms with Gasteiger partial charge in [0.2, 0.25) is 5.88 Å². The lowest BCUT2D eigenvalue weighted by molar-refractivity contribution is -0.0414. The van der Waals surface area contributed by atoms with Crippen molar-refractivity contribution in [3.05, 3.63) is 60.2 Å². The number of nitrogens with zero attached hydrogens (tertiary/aromatic N) is 5. The fourth-order valence-corrected chi connectivity index (χ4v) is 5.20. The Labute approximate surface area is 221 Å². The lowest BCUT2D eigenvalue weighted by atomic mass is 10.0. The smallest absolute Gasteiger partial charge is 0.213 e. The predicted octanol–water partition coefficient (Wildman–Crippen LogP) is 4.75. The van der Waals surface area contributed by atoms with Crippen LogP contribution in [0.5, 0.6) is 11.8 Å². The third kappa shape index (κ3) is 4.99. The molecule has 1 unspecified atom stereocenters. The zero-order valence-electron chi connectivity index (χ0n) is 21.6. The third-order valence-electron chi connectivity index (χ3n) is 7.54. The van der Waals surface area contributed by atoms with E-state index in [4.69, 9.17) is 9.73 Å². The number of aliphatic imine (C=N–C) groups is 1. The molecule has 2 fully saturated rings. The standard InChI is InChI=1S/C29H32N6O3/c1-17-7-10-30-15-23(17)24-13-22-25(16-31-24)34-28(36)27(22)18(2)33-20-5-6-26(32-14-20)38-21-8-11-35(12-9-21)29(37)19-3-4-19/h5-7,10,13-16,19,21,29,34,36-37H,3-4,8-9,11-12H2,1-2H3. The minimum atomic E-state index is -0.298. The molecule has 5 heterocycles. The van der Waals surface area contributed by atoms with Gasteiger partial charge in [0.05, 0.1) is 40.6 Å². The Morgan fingerprint density at radius 2 is 1.92 bits per heavy atom. The molecule has 196 valence electrons. The molecule has 1 atom stereocenters. The van der Waals surface area contributed by atoms with Crippen LogP contribution in [0.3, 0.4) is 0 Å². The van der Waals surface area contributed by atoms with E-state index in [1.807, 2.05) is 38.1 Å². The minimum Gasteiger partial charge on any atom is -0.494 e. The molecule has 9 nitrogen and oxygen atoms in total. The van der Waals surface area contributed by atoms with Gasteiger partial charge in [-0.1, -0.05) is 0 Å². The maximum Gasteiger partial charge on any atom is 0.213 e. The third-order valence-corrected chi connectivity index (χ3v) is 7.54. The molecule has 0 radical (unpaired) electrons. The first-order valence-electron chi connectivity index (χ1n) is 13.2. The van der Waals surface area contributed by atoms with E-state index in [0.717, 1.165) is 66.5 Å². The number of pyridine rings is 3. The Bertz CT molecular complexity index is 1470. The van der Waals surface area contributed by atoms with Crippen LogP contribution in [0.2, 0.25) is 0 Å². The highest BCUT2D eigenvalue weighted by molar-refractivity contribution is 6.13. The number of hydrogen-bond acceptors (Lipinski definition) is 8. The Balaban J connectivity index is 1.16. The number of rotatable bonds is 7. The van der Waals surface area contributed by atoms with E-state index in [9.17, 15) is 10.2 Å². The molecule has 4 aromatic heterocycles. The number of aryl methyl sites for hydroxylation is 1. The summed E-state index contributed by atoms with van der Waals surface area (Å²) < 4.78 is 6.11. The van der Waals surface area contributed by atoms with Crippen molar-refractivity contribution in [2.24, 2.45) is 10.9 Å². The number of aromatic nitrogens is 4. The van der Waals surface area contributed by atoms with Gasteiger partial charge in [-0.2, -0.15) is 0 Å². The summed E-state index contributed by atoms with van der Waals surface area (Å²) >= 11 is 0. The number of piperidine rings is 1. The molecular formula is C29H32N6O3. The van der Waals surface area contributed by atoms with Gasteiger partial charge in [-0.3, -0.25) is 19.9 Å². The zero-order valence-corrected chi connectivity index (χ0v) is 21.6. The molecule has 6 rings (SSSR count). The van der Waals surface area contributed by atoms with E-state index in [-0.39, 0.29) is 18.2 Å². The van der Waals surface area contributed by atoms with Crippen molar-refractivity contribution >= 4 is 22.3 Å². The van der Waals surface area contributed by atoms with Gasteiger partial charge in [-0.25, -0.2) is 4.98 Å². The summed E-state index contributed by atoms with van der Waals surface area (Å²) in [7, 11) is 0. The van der Waals surface area contributed by atoms with E-state index >= 15 is 0 Å². The van der Waals surface area contributed by atoms with E-state index < -0.39 is 0 Å². The number of aliphatic hydroxyl groups excluding tert-OH is 1.